The van der Waals surface area contributed by atoms with Crippen LogP contribution in [0.2, 0.25) is 0 Å². The van der Waals surface area contributed by atoms with Gasteiger partial charge in [-0.1, -0.05) is 5.16 Å². The molecule has 1 fully saturated rings. The maximum Gasteiger partial charge on any atom is 0.272 e. The number of rotatable bonds is 3. The van der Waals surface area contributed by atoms with Crippen LogP contribution in [-0.4, -0.2) is 42.1 Å². The number of likely N-dealkylation sites (tertiary alicyclic amines) is 1. The van der Waals surface area contributed by atoms with Gasteiger partial charge in [0.2, 0.25) is 0 Å². The highest BCUT2D eigenvalue weighted by Crippen LogP contribution is 2.35. The van der Waals surface area contributed by atoms with Gasteiger partial charge >= 0.3 is 0 Å². The fourth-order valence-electron chi connectivity index (χ4n) is 4.10. The van der Waals surface area contributed by atoms with Crippen LogP contribution in [0, 0.1) is 13.8 Å². The molecular weight excluding hydrogens is 384 g/mol. The van der Waals surface area contributed by atoms with Crippen LogP contribution in [0.4, 0.5) is 0 Å². The number of aryl methyl sites for hydroxylation is 2. The zero-order chi connectivity index (χ0) is 20.8. The predicted molar refractivity (Wildman–Crippen MR) is 108 cm³/mol. The molecule has 1 unspecified atom stereocenters. The van der Waals surface area contributed by atoms with E-state index in [0.717, 1.165) is 24.1 Å². The minimum Gasteiger partial charge on any atom is -0.360 e. The van der Waals surface area contributed by atoms with Crippen molar-refractivity contribution in [1.82, 2.24) is 29.6 Å². The van der Waals surface area contributed by atoms with E-state index in [-0.39, 0.29) is 17.5 Å². The van der Waals surface area contributed by atoms with E-state index in [1.165, 1.54) is 10.6 Å². The highest BCUT2D eigenvalue weighted by atomic mass is 16.5. The summed E-state index contributed by atoms with van der Waals surface area (Å²) in [6.45, 7) is 4.13. The maximum absolute atomic E-state index is 13.6. The summed E-state index contributed by atoms with van der Waals surface area (Å²) in [7, 11) is 0. The van der Waals surface area contributed by atoms with E-state index in [4.69, 9.17) is 4.52 Å². The normalized spacial score (nSPS) is 16.5. The maximum atomic E-state index is 13.6. The number of nitrogens with zero attached hydrogens (tertiary/aromatic N) is 5. The van der Waals surface area contributed by atoms with Gasteiger partial charge in [-0.15, -0.1) is 0 Å². The molecule has 152 valence electrons. The summed E-state index contributed by atoms with van der Waals surface area (Å²) in [6, 6.07) is 6.78. The quantitative estimate of drug-likeness (QED) is 0.562. The number of aromatic nitrogens is 5. The van der Waals surface area contributed by atoms with E-state index in [9.17, 15) is 9.59 Å². The minimum atomic E-state index is -0.185. The van der Waals surface area contributed by atoms with Crippen LogP contribution < -0.4 is 5.56 Å². The first-order valence-electron chi connectivity index (χ1n) is 9.80. The zero-order valence-corrected chi connectivity index (χ0v) is 16.6. The van der Waals surface area contributed by atoms with Crippen LogP contribution in [0.3, 0.4) is 0 Å². The van der Waals surface area contributed by atoms with E-state index in [1.807, 2.05) is 17.0 Å². The number of fused-ring (bicyclic) bond motifs is 1. The smallest absolute Gasteiger partial charge is 0.272 e. The summed E-state index contributed by atoms with van der Waals surface area (Å²) < 4.78 is 6.77. The van der Waals surface area contributed by atoms with Crippen molar-refractivity contribution in [3.05, 3.63) is 69.7 Å². The van der Waals surface area contributed by atoms with Gasteiger partial charge < -0.3 is 9.42 Å². The molecule has 1 saturated heterocycles. The third-order valence-corrected chi connectivity index (χ3v) is 5.48. The highest BCUT2D eigenvalue weighted by Gasteiger charge is 2.35. The Morgan fingerprint density at radius 3 is 2.97 bits per heavy atom. The molecule has 1 amide bonds. The lowest BCUT2D eigenvalue weighted by molar-refractivity contribution is 0.0731. The number of hydrogen-bond donors (Lipinski definition) is 1. The summed E-state index contributed by atoms with van der Waals surface area (Å²) >= 11 is 0. The van der Waals surface area contributed by atoms with Crippen LogP contribution in [-0.2, 0) is 0 Å². The van der Waals surface area contributed by atoms with Gasteiger partial charge in [0.25, 0.3) is 11.5 Å². The largest absolute Gasteiger partial charge is 0.360 e. The second kappa shape index (κ2) is 6.94. The molecule has 5 rings (SSSR count). The molecule has 1 aliphatic rings. The molecule has 0 bridgehead atoms. The van der Waals surface area contributed by atoms with Crippen LogP contribution in [0.5, 0.6) is 0 Å². The van der Waals surface area contributed by atoms with Crippen molar-refractivity contribution < 1.29 is 9.32 Å². The van der Waals surface area contributed by atoms with Crippen LogP contribution in [0.15, 0.2) is 46.0 Å². The van der Waals surface area contributed by atoms with E-state index < -0.39 is 0 Å². The fraction of sp³-hybridized carbons (Fsp3) is 0.286. The topological polar surface area (TPSA) is 109 Å². The molecule has 1 N–H and O–H groups in total. The van der Waals surface area contributed by atoms with Crippen molar-refractivity contribution >= 4 is 11.6 Å². The molecule has 1 aliphatic heterocycles. The fourth-order valence-corrected chi connectivity index (χ4v) is 4.10. The first-order valence-corrected chi connectivity index (χ1v) is 9.80. The van der Waals surface area contributed by atoms with Gasteiger partial charge in [0.15, 0.2) is 5.65 Å². The average molecular weight is 404 g/mol. The number of carbonyl (C=O) groups is 1. The molecule has 4 aromatic heterocycles. The van der Waals surface area contributed by atoms with Gasteiger partial charge in [-0.05, 0) is 38.8 Å². The first kappa shape index (κ1) is 18.3. The number of aromatic amines is 1. The molecule has 9 heteroatoms. The number of pyridine rings is 1. The van der Waals surface area contributed by atoms with Gasteiger partial charge in [-0.25, -0.2) is 9.50 Å². The molecular formula is C21H20N6O3. The predicted octanol–water partition coefficient (Wildman–Crippen LogP) is 2.67. The standard InChI is InChI=1S/C21H20N6O3/c1-12-9-18(28)27-17(23-12)10-15(24-27)16-6-4-8-26(16)21(29)19-13(2)30-25-20(19)14-5-3-7-22-11-14/h3,5,7,9-11,16,24H,4,6,8H2,1-2H3. The van der Waals surface area contributed by atoms with Crippen molar-refractivity contribution in [1.29, 1.82) is 0 Å². The number of H-pyrrole nitrogens is 1. The number of nitrogens with one attached hydrogen (secondary N) is 1. The van der Waals surface area contributed by atoms with E-state index in [1.54, 1.807) is 32.3 Å². The Kier molecular flexibility index (Phi) is 4.23. The zero-order valence-electron chi connectivity index (χ0n) is 16.6. The number of carbonyl (C=O) groups excluding carboxylic acids is 1. The van der Waals surface area contributed by atoms with Crippen LogP contribution in [0.1, 0.15) is 46.4 Å². The first-order chi connectivity index (χ1) is 14.5. The van der Waals surface area contributed by atoms with E-state index in [0.29, 0.717) is 34.9 Å². The Morgan fingerprint density at radius 1 is 1.30 bits per heavy atom. The van der Waals surface area contributed by atoms with E-state index in [2.05, 4.69) is 20.2 Å². The summed E-state index contributed by atoms with van der Waals surface area (Å²) in [5.41, 5.74) is 3.47. The third-order valence-electron chi connectivity index (χ3n) is 5.48. The van der Waals surface area contributed by atoms with Crippen LogP contribution in [0.25, 0.3) is 16.9 Å². The monoisotopic (exact) mass is 404 g/mol. The lowest BCUT2D eigenvalue weighted by Gasteiger charge is -2.23. The highest BCUT2D eigenvalue weighted by molar-refractivity contribution is 6.01. The lowest BCUT2D eigenvalue weighted by atomic mass is 10.1. The Hall–Kier alpha value is -3.75. The molecule has 0 saturated carbocycles. The molecule has 0 radical (unpaired) electrons. The van der Waals surface area contributed by atoms with Crippen molar-refractivity contribution in [2.45, 2.75) is 32.7 Å². The molecule has 5 heterocycles. The average Bonchev–Trinajstić information content (AvgIpc) is 3.45. The van der Waals surface area contributed by atoms with Crippen LogP contribution >= 0.6 is 0 Å². The van der Waals surface area contributed by atoms with Gasteiger partial charge in [-0.3, -0.25) is 19.7 Å². The molecule has 0 aliphatic carbocycles. The Balaban J connectivity index is 1.54. The van der Waals surface area contributed by atoms with Crippen molar-refractivity contribution in [3.8, 4) is 11.3 Å². The second-order valence-electron chi connectivity index (χ2n) is 7.50. The lowest BCUT2D eigenvalue weighted by Crippen LogP contribution is -2.31. The molecule has 9 nitrogen and oxygen atoms in total. The Morgan fingerprint density at radius 2 is 2.17 bits per heavy atom. The summed E-state index contributed by atoms with van der Waals surface area (Å²) in [5, 5.41) is 7.23. The molecule has 0 spiro atoms. The Bertz CT molecular complexity index is 1300. The molecule has 0 aromatic carbocycles. The minimum absolute atomic E-state index is 0.148. The van der Waals surface area contributed by atoms with E-state index >= 15 is 0 Å². The molecule has 1 atom stereocenters. The number of hydrogen-bond acceptors (Lipinski definition) is 6. The molecule has 30 heavy (non-hydrogen) atoms. The third kappa shape index (κ3) is 2.90. The van der Waals surface area contributed by atoms with Gasteiger partial charge in [0.05, 0.1) is 11.7 Å². The van der Waals surface area contributed by atoms with Gasteiger partial charge in [0.1, 0.15) is 17.0 Å². The van der Waals surface area contributed by atoms with Gasteiger partial charge in [0, 0.05) is 42.3 Å². The number of amides is 1. The Labute approximate surface area is 171 Å². The van der Waals surface area contributed by atoms with Crippen molar-refractivity contribution in [2.75, 3.05) is 6.54 Å². The second-order valence-corrected chi connectivity index (χ2v) is 7.50. The summed E-state index contributed by atoms with van der Waals surface area (Å²) in [6.07, 6.45) is 4.98. The van der Waals surface area contributed by atoms with Crippen molar-refractivity contribution in [2.24, 2.45) is 0 Å². The summed E-state index contributed by atoms with van der Waals surface area (Å²) in [4.78, 5) is 36.2. The SMILES string of the molecule is Cc1cc(=O)n2[nH]c(C3CCCN3C(=O)c3c(-c4cccnc4)noc3C)cc2n1. The molecule has 4 aromatic rings. The van der Waals surface area contributed by atoms with Crippen molar-refractivity contribution in [3.63, 3.8) is 0 Å². The van der Waals surface area contributed by atoms with Gasteiger partial charge in [-0.2, -0.15) is 0 Å². The summed E-state index contributed by atoms with van der Waals surface area (Å²) in [5.74, 6) is 0.319.